The monoisotopic (exact) mass is 186 g/mol. The highest BCUT2D eigenvalue weighted by atomic mass is 14.8. The van der Waals surface area contributed by atoms with Crippen LogP contribution in [0.1, 0.15) is 18.2 Å². The first kappa shape index (κ1) is 10.4. The second kappa shape index (κ2) is 5.12. The lowest BCUT2D eigenvalue weighted by Gasteiger charge is -1.99. The van der Waals surface area contributed by atoms with Crippen LogP contribution < -0.4 is 0 Å². The summed E-state index contributed by atoms with van der Waals surface area (Å²) in [6.07, 6.45) is 7.21. The van der Waals surface area contributed by atoms with Gasteiger partial charge in [-0.1, -0.05) is 18.7 Å². The Morgan fingerprint density at radius 2 is 2.29 bits per heavy atom. The summed E-state index contributed by atoms with van der Waals surface area (Å²) in [5, 5.41) is 0. The summed E-state index contributed by atoms with van der Waals surface area (Å²) in [6.45, 7) is 7.54. The number of aryl methyl sites for hydroxylation is 1. The van der Waals surface area contributed by atoms with Crippen LogP contribution in [0.25, 0.3) is 0 Å². The Bertz CT molecular complexity index is 358. The molecule has 1 heterocycles. The van der Waals surface area contributed by atoms with E-state index in [2.05, 4.69) is 16.6 Å². The first-order chi connectivity index (χ1) is 6.77. The van der Waals surface area contributed by atoms with Crippen molar-refractivity contribution in [1.29, 1.82) is 0 Å². The highest BCUT2D eigenvalue weighted by molar-refractivity contribution is 6.07. The van der Waals surface area contributed by atoms with E-state index in [9.17, 15) is 0 Å². The molecule has 0 atom stereocenters. The molecule has 0 saturated carbocycles. The smallest absolute Gasteiger partial charge is 0.0886 e. The molecule has 0 amide bonds. The van der Waals surface area contributed by atoms with Crippen molar-refractivity contribution in [3.8, 4) is 0 Å². The van der Waals surface area contributed by atoms with Crippen molar-refractivity contribution < 1.29 is 0 Å². The summed E-state index contributed by atoms with van der Waals surface area (Å²) in [6, 6.07) is 3.97. The van der Waals surface area contributed by atoms with Gasteiger partial charge in [-0.2, -0.15) is 0 Å². The van der Waals surface area contributed by atoms with Crippen LogP contribution in [0.4, 0.5) is 0 Å². The third kappa shape index (κ3) is 2.66. The largest absolute Gasteiger partial charge is 0.255 e. The normalized spacial score (nSPS) is 12.0. The standard InChI is InChI=1S/C12H14N2/c1-4-6-11(13-5-2)12-8-7-10(3)9-14-12/h4-9H,2H2,1,3H3/b6-4-,13-11?. The van der Waals surface area contributed by atoms with Crippen molar-refractivity contribution in [3.05, 3.63) is 54.5 Å². The molecule has 0 aromatic carbocycles. The van der Waals surface area contributed by atoms with Crippen molar-refractivity contribution in [2.24, 2.45) is 4.99 Å². The quantitative estimate of drug-likeness (QED) is 0.666. The van der Waals surface area contributed by atoms with Crippen molar-refractivity contribution in [2.45, 2.75) is 13.8 Å². The topological polar surface area (TPSA) is 25.2 Å². The van der Waals surface area contributed by atoms with Crippen LogP contribution in [-0.2, 0) is 0 Å². The Morgan fingerprint density at radius 3 is 2.79 bits per heavy atom. The minimum absolute atomic E-state index is 0.836. The third-order valence-electron chi connectivity index (χ3n) is 1.73. The molecule has 0 N–H and O–H groups in total. The highest BCUT2D eigenvalue weighted by Gasteiger charge is 1.98. The second-order valence-electron chi connectivity index (χ2n) is 2.92. The molecule has 0 bridgehead atoms. The highest BCUT2D eigenvalue weighted by Crippen LogP contribution is 2.02. The summed E-state index contributed by atoms with van der Waals surface area (Å²) >= 11 is 0. The van der Waals surface area contributed by atoms with E-state index in [1.165, 1.54) is 6.20 Å². The molecule has 2 nitrogen and oxygen atoms in total. The lowest BCUT2D eigenvalue weighted by Crippen LogP contribution is -1.99. The fraction of sp³-hybridized carbons (Fsp3) is 0.167. The summed E-state index contributed by atoms with van der Waals surface area (Å²) < 4.78 is 0. The predicted octanol–water partition coefficient (Wildman–Crippen LogP) is 2.90. The van der Waals surface area contributed by atoms with E-state index in [-0.39, 0.29) is 0 Å². The Hall–Kier alpha value is -1.70. The van der Waals surface area contributed by atoms with E-state index in [4.69, 9.17) is 0 Å². The van der Waals surface area contributed by atoms with Crippen molar-refractivity contribution >= 4 is 5.71 Å². The van der Waals surface area contributed by atoms with Crippen LogP contribution in [0, 0.1) is 6.92 Å². The number of aromatic nitrogens is 1. The number of allylic oxidation sites excluding steroid dienone is 2. The van der Waals surface area contributed by atoms with Gasteiger partial charge in [0.25, 0.3) is 0 Å². The van der Waals surface area contributed by atoms with Gasteiger partial charge in [0, 0.05) is 12.4 Å². The zero-order valence-electron chi connectivity index (χ0n) is 8.57. The molecule has 0 unspecified atom stereocenters. The average Bonchev–Trinajstić information content (AvgIpc) is 2.19. The van der Waals surface area contributed by atoms with E-state index in [0.29, 0.717) is 0 Å². The lowest BCUT2D eigenvalue weighted by molar-refractivity contribution is 1.24. The van der Waals surface area contributed by atoms with Gasteiger partial charge in [0.2, 0.25) is 0 Å². The number of aliphatic imine (C=N–C) groups is 1. The molecule has 1 rings (SSSR count). The lowest BCUT2D eigenvalue weighted by atomic mass is 10.2. The van der Waals surface area contributed by atoms with Crippen LogP contribution in [0.15, 0.2) is 48.3 Å². The molecular weight excluding hydrogens is 172 g/mol. The van der Waals surface area contributed by atoms with E-state index < -0.39 is 0 Å². The molecule has 0 radical (unpaired) electrons. The molecule has 0 aliphatic carbocycles. The molecular formula is C12H14N2. The van der Waals surface area contributed by atoms with E-state index in [1.54, 1.807) is 0 Å². The van der Waals surface area contributed by atoms with E-state index >= 15 is 0 Å². The Morgan fingerprint density at radius 1 is 1.50 bits per heavy atom. The van der Waals surface area contributed by atoms with E-state index in [1.807, 2.05) is 44.3 Å². The van der Waals surface area contributed by atoms with Gasteiger partial charge < -0.3 is 0 Å². The molecule has 0 saturated heterocycles. The Balaban J connectivity index is 3.05. The zero-order valence-corrected chi connectivity index (χ0v) is 8.57. The molecule has 0 aliphatic rings. The second-order valence-corrected chi connectivity index (χ2v) is 2.92. The number of hydrogen-bond donors (Lipinski definition) is 0. The van der Waals surface area contributed by atoms with Crippen LogP contribution in [0.2, 0.25) is 0 Å². The van der Waals surface area contributed by atoms with Gasteiger partial charge in [-0.3, -0.25) is 9.98 Å². The number of rotatable bonds is 3. The molecule has 1 aromatic rings. The van der Waals surface area contributed by atoms with Crippen LogP contribution >= 0.6 is 0 Å². The number of nitrogens with zero attached hydrogens (tertiary/aromatic N) is 2. The molecule has 72 valence electrons. The maximum Gasteiger partial charge on any atom is 0.0886 e. The minimum atomic E-state index is 0.836. The minimum Gasteiger partial charge on any atom is -0.255 e. The summed E-state index contributed by atoms with van der Waals surface area (Å²) in [5.41, 5.74) is 2.85. The summed E-state index contributed by atoms with van der Waals surface area (Å²) in [5.74, 6) is 0. The van der Waals surface area contributed by atoms with Gasteiger partial charge in [-0.25, -0.2) is 0 Å². The SMILES string of the molecule is C=CN=C(/C=C\C)c1ccc(C)cn1. The third-order valence-corrected chi connectivity index (χ3v) is 1.73. The molecule has 0 fully saturated rings. The zero-order chi connectivity index (χ0) is 10.4. The van der Waals surface area contributed by atoms with Crippen molar-refractivity contribution in [1.82, 2.24) is 4.98 Å². The van der Waals surface area contributed by atoms with Gasteiger partial charge in [0.15, 0.2) is 0 Å². The van der Waals surface area contributed by atoms with Gasteiger partial charge in [-0.15, -0.1) is 0 Å². The number of hydrogen-bond acceptors (Lipinski definition) is 2. The maximum atomic E-state index is 4.29. The van der Waals surface area contributed by atoms with Crippen LogP contribution in [-0.4, -0.2) is 10.7 Å². The van der Waals surface area contributed by atoms with Crippen LogP contribution in [0.3, 0.4) is 0 Å². The first-order valence-corrected chi connectivity index (χ1v) is 4.52. The number of pyridine rings is 1. The first-order valence-electron chi connectivity index (χ1n) is 4.52. The summed E-state index contributed by atoms with van der Waals surface area (Å²) in [7, 11) is 0. The Labute approximate surface area is 84.7 Å². The van der Waals surface area contributed by atoms with Crippen LogP contribution in [0.5, 0.6) is 0 Å². The van der Waals surface area contributed by atoms with E-state index in [0.717, 1.165) is 17.0 Å². The molecule has 0 aliphatic heterocycles. The Kier molecular flexibility index (Phi) is 3.80. The summed E-state index contributed by atoms with van der Waals surface area (Å²) in [4.78, 5) is 8.43. The van der Waals surface area contributed by atoms with Gasteiger partial charge in [0.1, 0.15) is 0 Å². The molecule has 2 heteroatoms. The van der Waals surface area contributed by atoms with Crippen molar-refractivity contribution in [2.75, 3.05) is 0 Å². The average molecular weight is 186 g/mol. The van der Waals surface area contributed by atoms with Gasteiger partial charge >= 0.3 is 0 Å². The van der Waals surface area contributed by atoms with Gasteiger partial charge in [-0.05, 0) is 31.6 Å². The molecule has 1 aromatic heterocycles. The molecule has 0 spiro atoms. The fourth-order valence-electron chi connectivity index (χ4n) is 1.07. The van der Waals surface area contributed by atoms with Crippen molar-refractivity contribution in [3.63, 3.8) is 0 Å². The maximum absolute atomic E-state index is 4.29. The molecule has 14 heavy (non-hydrogen) atoms. The van der Waals surface area contributed by atoms with Gasteiger partial charge in [0.05, 0.1) is 11.4 Å². The predicted molar refractivity (Wildman–Crippen MR) is 60.5 cm³/mol. The fourth-order valence-corrected chi connectivity index (χ4v) is 1.07.